The van der Waals surface area contributed by atoms with E-state index >= 15 is 0 Å². The molecule has 1 aromatic carbocycles. The number of hydrogen-bond acceptors (Lipinski definition) is 6. The smallest absolute Gasteiger partial charge is 0.870 e. The second-order valence-electron chi connectivity index (χ2n) is 2.56. The van der Waals surface area contributed by atoms with Crippen molar-refractivity contribution < 1.29 is 25.4 Å². The van der Waals surface area contributed by atoms with Crippen molar-refractivity contribution in [2.45, 2.75) is 0 Å². The molecule has 0 aromatic heterocycles. The van der Waals surface area contributed by atoms with Gasteiger partial charge in [0.15, 0.2) is 0 Å². The number of benzene rings is 1. The minimum absolute atomic E-state index is 0. The van der Waals surface area contributed by atoms with Gasteiger partial charge in [0.25, 0.3) is 0 Å². The van der Waals surface area contributed by atoms with Crippen molar-refractivity contribution >= 4 is 25.0 Å². The van der Waals surface area contributed by atoms with Gasteiger partial charge < -0.3 is 11.0 Å². The molecular formula is C8H8BNO6. The van der Waals surface area contributed by atoms with Gasteiger partial charge in [0.1, 0.15) is 0 Å². The summed E-state index contributed by atoms with van der Waals surface area (Å²) in [6.07, 6.45) is 0. The van der Waals surface area contributed by atoms with Gasteiger partial charge in [-0.25, -0.2) is 0 Å². The van der Waals surface area contributed by atoms with E-state index in [2.05, 4.69) is 4.74 Å². The van der Waals surface area contributed by atoms with Crippen LogP contribution in [-0.2, 0) is 4.74 Å². The molecule has 16 heavy (non-hydrogen) atoms. The predicted octanol–water partition coefficient (Wildman–Crippen LogP) is -0.178. The third-order valence-corrected chi connectivity index (χ3v) is 1.57. The van der Waals surface area contributed by atoms with E-state index in [0.29, 0.717) is 0 Å². The summed E-state index contributed by atoms with van der Waals surface area (Å²) < 4.78 is 4.41. The minimum Gasteiger partial charge on any atom is -0.870 e. The third kappa shape index (κ3) is 3.68. The molecule has 1 aromatic rings. The van der Waals surface area contributed by atoms with Crippen LogP contribution in [0, 0.1) is 10.1 Å². The largest absolute Gasteiger partial charge is 0.870 e. The molecule has 0 saturated carbocycles. The van der Waals surface area contributed by atoms with Crippen LogP contribution in [-0.4, -0.2) is 36.8 Å². The van der Waals surface area contributed by atoms with Crippen molar-refractivity contribution in [2.75, 3.05) is 7.11 Å². The molecule has 8 heteroatoms. The Labute approximate surface area is 92.2 Å². The Hall–Kier alpha value is -1.93. The molecule has 84 valence electrons. The van der Waals surface area contributed by atoms with Crippen molar-refractivity contribution in [3.63, 3.8) is 0 Å². The van der Waals surface area contributed by atoms with Crippen molar-refractivity contribution in [3.8, 4) is 0 Å². The molecule has 7 nitrogen and oxygen atoms in total. The van der Waals surface area contributed by atoms with Crippen molar-refractivity contribution in [2.24, 2.45) is 0 Å². The van der Waals surface area contributed by atoms with E-state index in [0.717, 1.165) is 6.07 Å². The normalized spacial score (nSPS) is 8.44. The van der Waals surface area contributed by atoms with Gasteiger partial charge in [-0.15, -0.1) is 0 Å². The van der Waals surface area contributed by atoms with Crippen LogP contribution in [0.4, 0.5) is 5.69 Å². The molecule has 0 aliphatic heterocycles. The Morgan fingerprint density at radius 2 is 1.94 bits per heavy atom. The molecule has 0 atom stereocenters. The summed E-state index contributed by atoms with van der Waals surface area (Å²) in [5, 5.41) is 10.4. The fourth-order valence-corrected chi connectivity index (χ4v) is 0.976. The summed E-state index contributed by atoms with van der Waals surface area (Å²) in [4.78, 5) is 20.8. The molecule has 1 rings (SSSR count). The predicted molar refractivity (Wildman–Crippen MR) is 53.7 cm³/mol. The Kier molecular flexibility index (Phi) is 6.74. The summed E-state index contributed by atoms with van der Waals surface area (Å²) in [7, 11) is 6.57. The average molecular weight is 225 g/mol. The number of rotatable bonds is 2. The van der Waals surface area contributed by atoms with E-state index in [1.165, 1.54) is 19.2 Å². The van der Waals surface area contributed by atoms with Crippen LogP contribution in [0.15, 0.2) is 18.2 Å². The number of methoxy groups -OCH3 is 1. The topological polar surface area (TPSA) is 129 Å². The molecule has 2 N–H and O–H groups in total. The SMILES string of the molecule is [B+2]c1cc(C(=O)OC)cc([N+](=O)[O-])c1.[OH-].[OH-]. The van der Waals surface area contributed by atoms with Gasteiger partial charge in [0.2, 0.25) is 0 Å². The van der Waals surface area contributed by atoms with Gasteiger partial charge >= 0.3 is 80.4 Å². The molecule has 0 fully saturated rings. The fraction of sp³-hybridized carbons (Fsp3) is 0.125. The molecule has 0 spiro atoms. The summed E-state index contributed by atoms with van der Waals surface area (Å²) in [5.41, 5.74) is -0.01000. The van der Waals surface area contributed by atoms with Crippen LogP contribution >= 0.6 is 0 Å². The second kappa shape index (κ2) is 6.54. The number of nitrogens with zero attached hydrogens (tertiary/aromatic N) is 1. The standard InChI is InChI=1S/C8H6BNO4.2H2O/c1-14-8(11)5-2-6(9)4-7(3-5)10(12)13;;/h2-4H,1H3;2*1H2/q+2;;/p-2. The van der Waals surface area contributed by atoms with Crippen molar-refractivity contribution in [1.82, 2.24) is 0 Å². The fourth-order valence-electron chi connectivity index (χ4n) is 0.976. The number of esters is 1. The van der Waals surface area contributed by atoms with Gasteiger partial charge in [-0.3, -0.25) is 0 Å². The second-order valence-corrected chi connectivity index (χ2v) is 2.56. The number of carbonyl (C=O) groups is 1. The van der Waals surface area contributed by atoms with Crippen LogP contribution in [0.2, 0.25) is 0 Å². The Morgan fingerprint density at radius 3 is 2.38 bits per heavy atom. The van der Waals surface area contributed by atoms with Gasteiger partial charge in [0.05, 0.1) is 0 Å². The maximum absolute atomic E-state index is 11.0. The quantitative estimate of drug-likeness (QED) is 0.297. The first-order valence-electron chi connectivity index (χ1n) is 3.68. The van der Waals surface area contributed by atoms with Crippen molar-refractivity contribution in [1.29, 1.82) is 0 Å². The Balaban J connectivity index is 0. The zero-order chi connectivity index (χ0) is 10.7. The zero-order valence-corrected chi connectivity index (χ0v) is 8.28. The first-order chi connectivity index (χ1) is 6.54. The van der Waals surface area contributed by atoms with Gasteiger partial charge in [-0.2, -0.15) is 0 Å². The van der Waals surface area contributed by atoms with E-state index in [-0.39, 0.29) is 27.7 Å². The number of nitro groups is 1. The maximum atomic E-state index is 11.0. The van der Waals surface area contributed by atoms with Crippen LogP contribution in [0.5, 0.6) is 0 Å². The zero-order valence-electron chi connectivity index (χ0n) is 8.28. The van der Waals surface area contributed by atoms with Gasteiger partial charge in [-0.05, 0) is 0 Å². The number of carbonyl (C=O) groups excluding carboxylic acids is 1. The van der Waals surface area contributed by atoms with E-state index < -0.39 is 10.9 Å². The van der Waals surface area contributed by atoms with E-state index in [1.807, 2.05) is 0 Å². The van der Waals surface area contributed by atoms with Crippen molar-refractivity contribution in [3.05, 3.63) is 33.9 Å². The molecular weight excluding hydrogens is 217 g/mol. The molecule has 0 aliphatic rings. The van der Waals surface area contributed by atoms with Crippen LogP contribution in [0.25, 0.3) is 0 Å². The van der Waals surface area contributed by atoms with Gasteiger partial charge in [-0.1, -0.05) is 0 Å². The van der Waals surface area contributed by atoms with Crippen LogP contribution in [0.1, 0.15) is 10.4 Å². The third-order valence-electron chi connectivity index (χ3n) is 1.57. The van der Waals surface area contributed by atoms with E-state index in [1.54, 1.807) is 0 Å². The van der Waals surface area contributed by atoms with Crippen LogP contribution < -0.4 is 5.46 Å². The van der Waals surface area contributed by atoms with E-state index in [9.17, 15) is 14.9 Å². The molecule has 0 radical (unpaired) electrons. The summed E-state index contributed by atoms with van der Waals surface area (Å²) in [6.45, 7) is 0. The summed E-state index contributed by atoms with van der Waals surface area (Å²) >= 11 is 0. The minimum atomic E-state index is -0.652. The first-order valence-corrected chi connectivity index (χ1v) is 3.68. The Morgan fingerprint density at radius 1 is 1.38 bits per heavy atom. The molecule has 0 unspecified atom stereocenters. The number of non-ortho nitro benzene ring substituents is 1. The summed E-state index contributed by atoms with van der Waals surface area (Å²) in [6, 6.07) is 3.60. The molecule has 0 bridgehead atoms. The van der Waals surface area contributed by atoms with Gasteiger partial charge in [0, 0.05) is 0 Å². The summed E-state index contributed by atoms with van der Waals surface area (Å²) in [5.74, 6) is -0.652. The number of hydrogen-bond donors (Lipinski definition) is 0. The average Bonchev–Trinajstić information content (AvgIpc) is 2.15. The number of ether oxygens (including phenoxy) is 1. The molecule has 0 saturated heterocycles. The monoisotopic (exact) mass is 225 g/mol. The number of nitro benzene ring substituents is 1. The Bertz CT molecular complexity index is 394. The maximum Gasteiger partial charge on any atom is -0.870 e. The van der Waals surface area contributed by atoms with E-state index in [4.69, 9.17) is 7.85 Å². The first kappa shape index (κ1) is 16.5. The van der Waals surface area contributed by atoms with Crippen LogP contribution in [0.3, 0.4) is 0 Å². The molecule has 0 heterocycles. The molecule has 0 aliphatic carbocycles. The molecule has 0 amide bonds.